The van der Waals surface area contributed by atoms with Crippen LogP contribution in [-0.4, -0.2) is 142 Å². The number of aliphatic hydroxyl groups excluding tert-OH is 7. The van der Waals surface area contributed by atoms with Crippen LogP contribution < -0.4 is 0 Å². The van der Waals surface area contributed by atoms with Crippen molar-refractivity contribution in [2.75, 3.05) is 26.4 Å². The summed E-state index contributed by atoms with van der Waals surface area (Å²) >= 11 is 0. The van der Waals surface area contributed by atoms with E-state index in [4.69, 9.17) is 28.4 Å². The molecule has 0 aromatic rings. The first kappa shape index (κ1) is 62.5. The van der Waals surface area contributed by atoms with Crippen molar-refractivity contribution >= 4 is 11.9 Å². The van der Waals surface area contributed by atoms with E-state index in [9.17, 15) is 45.3 Å². The van der Waals surface area contributed by atoms with Gasteiger partial charge in [0.2, 0.25) is 0 Å². The van der Waals surface area contributed by atoms with Gasteiger partial charge in [0, 0.05) is 12.8 Å². The molecule has 0 aromatic heterocycles. The Bertz CT molecular complexity index is 1580. The molecule has 0 aromatic carbocycles. The van der Waals surface area contributed by atoms with E-state index in [2.05, 4.69) is 98.9 Å². The highest BCUT2D eigenvalue weighted by molar-refractivity contribution is 5.70. The van der Waals surface area contributed by atoms with Crippen molar-refractivity contribution in [2.45, 2.75) is 210 Å². The smallest absolute Gasteiger partial charge is 0.306 e. The van der Waals surface area contributed by atoms with Crippen LogP contribution in [0.3, 0.4) is 0 Å². The first-order valence-corrected chi connectivity index (χ1v) is 25.8. The second kappa shape index (κ2) is 41.0. The standard InChI is InChI=1S/C55H88O15/c1-3-5-7-9-11-13-15-17-19-21-23-25-27-29-31-33-35-37-46(57)65-40-43(68-47(58)38-36-34-32-30-28-26-24-22-20-18-16-14-12-10-8-6-4-2)41-66-54-53(64)51(62)49(60)45(70-54)42-67-55-52(63)50(61)48(59)44(39-56)69-55/h8,10-11,13-14,16-17,19-20,22-23,25-26,28-29,31,43-45,48-56,59-64H,3-7,9,12,15,18,21,24,27,30,32-42H2,1-2H3/b10-8+,13-11+,16-14+,19-17+,22-20+,25-23+,28-26+,31-29+/t43-,44+,45+,48-,49-,50?,51?,52?,53?,54+,55+/m0/s1. The molecule has 11 atom stereocenters. The van der Waals surface area contributed by atoms with Crippen LogP contribution in [0.1, 0.15) is 142 Å². The molecule has 7 N–H and O–H groups in total. The predicted octanol–water partition coefficient (Wildman–Crippen LogP) is 7.37. The first-order valence-electron chi connectivity index (χ1n) is 25.8. The first-order chi connectivity index (χ1) is 34.0. The van der Waals surface area contributed by atoms with Gasteiger partial charge in [0.1, 0.15) is 55.4 Å². The van der Waals surface area contributed by atoms with Crippen molar-refractivity contribution in [3.63, 3.8) is 0 Å². The minimum absolute atomic E-state index is 0.110. The summed E-state index contributed by atoms with van der Waals surface area (Å²) < 4.78 is 33.5. The third-order valence-corrected chi connectivity index (χ3v) is 11.5. The van der Waals surface area contributed by atoms with Crippen molar-refractivity contribution in [2.24, 2.45) is 0 Å². The lowest BCUT2D eigenvalue weighted by molar-refractivity contribution is -0.332. The lowest BCUT2D eigenvalue weighted by atomic mass is 9.98. The molecule has 2 rings (SSSR count). The van der Waals surface area contributed by atoms with Crippen LogP contribution in [-0.2, 0) is 38.0 Å². The average Bonchev–Trinajstić information content (AvgIpc) is 3.35. The number of carbonyl (C=O) groups excluding carboxylic acids is 2. The Hall–Kier alpha value is -3.58. The van der Waals surface area contributed by atoms with Crippen LogP contribution in [0, 0.1) is 0 Å². The normalized spacial score (nSPS) is 26.2. The maximum atomic E-state index is 13.0. The summed E-state index contributed by atoms with van der Waals surface area (Å²) in [4.78, 5) is 25.7. The zero-order valence-corrected chi connectivity index (χ0v) is 42.0. The molecule has 0 aliphatic carbocycles. The Morgan fingerprint density at radius 2 is 0.900 bits per heavy atom. The molecule has 2 heterocycles. The van der Waals surface area contributed by atoms with Crippen molar-refractivity contribution < 1.29 is 73.8 Å². The number of rotatable bonds is 38. The van der Waals surface area contributed by atoms with E-state index >= 15 is 0 Å². The van der Waals surface area contributed by atoms with Crippen molar-refractivity contribution in [3.8, 4) is 0 Å². The van der Waals surface area contributed by atoms with Gasteiger partial charge in [0.05, 0.1) is 19.8 Å². The molecule has 2 saturated heterocycles. The number of aliphatic hydroxyl groups is 7. The lowest BCUT2D eigenvalue weighted by Gasteiger charge is -2.42. The van der Waals surface area contributed by atoms with Crippen molar-refractivity contribution in [3.05, 3.63) is 97.2 Å². The van der Waals surface area contributed by atoms with E-state index in [0.717, 1.165) is 70.6 Å². The van der Waals surface area contributed by atoms with E-state index in [0.29, 0.717) is 19.3 Å². The van der Waals surface area contributed by atoms with Gasteiger partial charge in [-0.1, -0.05) is 137 Å². The van der Waals surface area contributed by atoms with Gasteiger partial charge < -0.3 is 64.2 Å². The molecule has 15 heteroatoms. The van der Waals surface area contributed by atoms with Crippen LogP contribution in [0.5, 0.6) is 0 Å². The molecular weight excluding hydrogens is 901 g/mol. The van der Waals surface area contributed by atoms with Gasteiger partial charge in [-0.3, -0.25) is 9.59 Å². The highest BCUT2D eigenvalue weighted by Crippen LogP contribution is 2.26. The number of esters is 2. The zero-order valence-electron chi connectivity index (χ0n) is 42.0. The lowest BCUT2D eigenvalue weighted by Crippen LogP contribution is -2.61. The molecule has 0 bridgehead atoms. The predicted molar refractivity (Wildman–Crippen MR) is 270 cm³/mol. The van der Waals surface area contributed by atoms with Gasteiger partial charge in [-0.2, -0.15) is 0 Å². The quantitative estimate of drug-likeness (QED) is 0.0182. The fourth-order valence-electron chi connectivity index (χ4n) is 7.26. The molecule has 0 radical (unpaired) electrons. The van der Waals surface area contributed by atoms with Gasteiger partial charge in [-0.25, -0.2) is 0 Å². The molecule has 398 valence electrons. The molecular formula is C55H88O15. The second-order valence-corrected chi connectivity index (χ2v) is 17.6. The van der Waals surface area contributed by atoms with Crippen LogP contribution in [0.4, 0.5) is 0 Å². The Morgan fingerprint density at radius 3 is 1.41 bits per heavy atom. The highest BCUT2D eigenvalue weighted by atomic mass is 16.7. The Morgan fingerprint density at radius 1 is 0.457 bits per heavy atom. The maximum absolute atomic E-state index is 13.0. The number of carbonyl (C=O) groups is 2. The summed E-state index contributed by atoms with van der Waals surface area (Å²) in [5, 5.41) is 72.1. The van der Waals surface area contributed by atoms with Gasteiger partial charge in [0.15, 0.2) is 18.7 Å². The molecule has 15 nitrogen and oxygen atoms in total. The van der Waals surface area contributed by atoms with Gasteiger partial charge in [-0.15, -0.1) is 0 Å². The van der Waals surface area contributed by atoms with Crippen LogP contribution in [0.2, 0.25) is 0 Å². The SMILES string of the molecule is CCC/C=C/C/C=C/C/C=C/C/C=C/CCCCCC(=O)O[C@@H](COC(=O)CCC/C=C/C/C=C/C/C=C/C/C=C/CCCCC)CO[C@@H]1O[C@H](CO[C@@H]2O[C@H](CO)[C@H](O)C(O)C2O)[C@H](O)C(O)C1O. The fourth-order valence-corrected chi connectivity index (χ4v) is 7.26. The zero-order chi connectivity index (χ0) is 51.0. The molecule has 2 aliphatic rings. The largest absolute Gasteiger partial charge is 0.462 e. The minimum Gasteiger partial charge on any atom is -0.462 e. The van der Waals surface area contributed by atoms with E-state index in [1.54, 1.807) is 0 Å². The van der Waals surface area contributed by atoms with E-state index in [-0.39, 0.29) is 19.4 Å². The maximum Gasteiger partial charge on any atom is 0.306 e. The van der Waals surface area contributed by atoms with Gasteiger partial charge >= 0.3 is 11.9 Å². The van der Waals surface area contributed by atoms with Crippen LogP contribution in [0.15, 0.2) is 97.2 Å². The Labute approximate surface area is 417 Å². The van der Waals surface area contributed by atoms with Gasteiger partial charge in [0.25, 0.3) is 0 Å². The highest BCUT2D eigenvalue weighted by Gasteiger charge is 2.47. The number of unbranched alkanes of at least 4 members (excludes halogenated alkanes) is 8. The molecule has 0 amide bonds. The van der Waals surface area contributed by atoms with Crippen molar-refractivity contribution in [1.29, 1.82) is 0 Å². The third-order valence-electron chi connectivity index (χ3n) is 11.5. The molecule has 70 heavy (non-hydrogen) atoms. The molecule has 4 unspecified atom stereocenters. The number of allylic oxidation sites excluding steroid dienone is 16. The summed E-state index contributed by atoms with van der Waals surface area (Å²) in [5.41, 5.74) is 0. The van der Waals surface area contributed by atoms with Gasteiger partial charge in [-0.05, 0) is 89.9 Å². The number of hydrogen-bond donors (Lipinski definition) is 7. The number of hydrogen-bond acceptors (Lipinski definition) is 15. The van der Waals surface area contributed by atoms with Crippen LogP contribution in [0.25, 0.3) is 0 Å². The second-order valence-electron chi connectivity index (χ2n) is 17.6. The van der Waals surface area contributed by atoms with E-state index < -0.39 is 99.3 Å². The fraction of sp³-hybridized carbons (Fsp3) is 0.673. The summed E-state index contributed by atoms with van der Waals surface area (Å²) in [6.45, 7) is 2.37. The Kier molecular flexibility index (Phi) is 36.6. The molecule has 0 saturated carbocycles. The average molecular weight is 989 g/mol. The topological polar surface area (TPSA) is 231 Å². The minimum atomic E-state index is -1.79. The summed E-state index contributed by atoms with van der Waals surface area (Å²) in [6, 6.07) is 0. The summed E-state index contributed by atoms with van der Waals surface area (Å²) in [7, 11) is 0. The summed E-state index contributed by atoms with van der Waals surface area (Å²) in [6.07, 6.45) is 34.4. The Balaban J connectivity index is 1.86. The van der Waals surface area contributed by atoms with Crippen LogP contribution >= 0.6 is 0 Å². The van der Waals surface area contributed by atoms with Crippen molar-refractivity contribution in [1.82, 2.24) is 0 Å². The number of ether oxygens (including phenoxy) is 6. The summed E-state index contributed by atoms with van der Waals surface area (Å²) in [5.74, 6) is -1.04. The third kappa shape index (κ3) is 28.5. The molecule has 2 aliphatic heterocycles. The molecule has 0 spiro atoms. The molecule has 2 fully saturated rings. The van der Waals surface area contributed by atoms with E-state index in [1.807, 2.05) is 12.2 Å². The monoisotopic (exact) mass is 989 g/mol. The van der Waals surface area contributed by atoms with E-state index in [1.165, 1.54) is 25.7 Å².